The Kier molecular flexibility index (Phi) is 5.93. The summed E-state index contributed by atoms with van der Waals surface area (Å²) in [5.74, 6) is 0.0714. The van der Waals surface area contributed by atoms with Crippen LogP contribution in [-0.4, -0.2) is 18.7 Å². The molecule has 1 aliphatic carbocycles. The van der Waals surface area contributed by atoms with Gasteiger partial charge in [-0.2, -0.15) is 0 Å². The molecule has 0 heterocycles. The van der Waals surface area contributed by atoms with Crippen LogP contribution in [0.25, 0.3) is 0 Å². The van der Waals surface area contributed by atoms with Gasteiger partial charge in [-0.05, 0) is 40.0 Å². The van der Waals surface area contributed by atoms with Crippen LogP contribution in [0.3, 0.4) is 0 Å². The summed E-state index contributed by atoms with van der Waals surface area (Å²) in [5.41, 5.74) is 2.82. The molecular weight excluding hydrogens is 252 g/mol. The van der Waals surface area contributed by atoms with Crippen LogP contribution in [0, 0.1) is 0 Å². The summed E-state index contributed by atoms with van der Waals surface area (Å²) in [6.07, 6.45) is 4.98. The topological polar surface area (TPSA) is 43.4 Å². The fourth-order valence-corrected chi connectivity index (χ4v) is 2.25. The van der Waals surface area contributed by atoms with E-state index < -0.39 is 0 Å². The molecule has 3 nitrogen and oxygen atoms in total. The largest absolute Gasteiger partial charge is 0.492 e. The van der Waals surface area contributed by atoms with Crippen LogP contribution in [0.4, 0.5) is 0 Å². The number of ketones is 2. The van der Waals surface area contributed by atoms with Gasteiger partial charge in [-0.1, -0.05) is 25.0 Å². The Morgan fingerprint density at radius 1 is 1.15 bits per heavy atom. The van der Waals surface area contributed by atoms with E-state index in [2.05, 4.69) is 6.92 Å². The summed E-state index contributed by atoms with van der Waals surface area (Å²) in [7, 11) is 1.46. The van der Waals surface area contributed by atoms with Crippen LogP contribution >= 0.6 is 0 Å². The third-order valence-corrected chi connectivity index (χ3v) is 3.52. The van der Waals surface area contributed by atoms with E-state index in [9.17, 15) is 9.59 Å². The molecule has 110 valence electrons. The van der Waals surface area contributed by atoms with Gasteiger partial charge >= 0.3 is 0 Å². The molecule has 0 unspecified atom stereocenters. The molecule has 0 aliphatic heterocycles. The second-order valence-electron chi connectivity index (χ2n) is 5.36. The molecule has 0 N–H and O–H groups in total. The first-order chi connectivity index (χ1) is 9.43. The molecule has 0 aromatic rings. The molecule has 0 saturated carbocycles. The highest BCUT2D eigenvalue weighted by Gasteiger charge is 2.32. The Morgan fingerprint density at radius 3 is 2.30 bits per heavy atom. The van der Waals surface area contributed by atoms with E-state index >= 15 is 0 Å². The van der Waals surface area contributed by atoms with Crippen LogP contribution < -0.4 is 0 Å². The van der Waals surface area contributed by atoms with Crippen molar-refractivity contribution in [3.05, 3.63) is 34.1 Å². The molecule has 0 atom stereocenters. The molecular formula is C17H24O3. The quantitative estimate of drug-likeness (QED) is 0.546. The SMILES string of the molecule is CCCCC1=C(OC)C(=O)C(C)=C(CC=C(C)C)C1=O. The highest BCUT2D eigenvalue weighted by Crippen LogP contribution is 2.30. The zero-order valence-electron chi connectivity index (χ0n) is 13.1. The zero-order chi connectivity index (χ0) is 15.3. The van der Waals surface area contributed by atoms with Crippen LogP contribution in [-0.2, 0) is 14.3 Å². The average molecular weight is 276 g/mol. The summed E-state index contributed by atoms with van der Waals surface area (Å²) < 4.78 is 5.19. The number of Topliss-reactive ketones (excluding diaryl/α,β-unsaturated/α-hetero) is 2. The fraction of sp³-hybridized carbons (Fsp3) is 0.529. The van der Waals surface area contributed by atoms with Crippen molar-refractivity contribution in [3.8, 4) is 0 Å². The first kappa shape index (κ1) is 16.4. The third kappa shape index (κ3) is 3.47. The van der Waals surface area contributed by atoms with Gasteiger partial charge in [-0.15, -0.1) is 0 Å². The lowest BCUT2D eigenvalue weighted by Gasteiger charge is -2.21. The molecule has 1 rings (SSSR count). The van der Waals surface area contributed by atoms with E-state index in [0.29, 0.717) is 29.6 Å². The second-order valence-corrected chi connectivity index (χ2v) is 5.36. The van der Waals surface area contributed by atoms with Gasteiger partial charge in [0.2, 0.25) is 5.78 Å². The van der Waals surface area contributed by atoms with Crippen LogP contribution in [0.2, 0.25) is 0 Å². The number of ether oxygens (including phenoxy) is 1. The minimum Gasteiger partial charge on any atom is -0.492 e. The van der Waals surface area contributed by atoms with Gasteiger partial charge in [0.1, 0.15) is 0 Å². The van der Waals surface area contributed by atoms with Crippen molar-refractivity contribution >= 4 is 11.6 Å². The smallest absolute Gasteiger partial charge is 0.224 e. The Hall–Kier alpha value is -1.64. The van der Waals surface area contributed by atoms with Crippen molar-refractivity contribution in [2.45, 2.75) is 53.4 Å². The third-order valence-electron chi connectivity index (χ3n) is 3.52. The maximum Gasteiger partial charge on any atom is 0.224 e. The number of unbranched alkanes of at least 4 members (excludes halogenated alkanes) is 1. The van der Waals surface area contributed by atoms with Gasteiger partial charge in [0.15, 0.2) is 11.5 Å². The normalized spacial score (nSPS) is 15.8. The number of hydrogen-bond acceptors (Lipinski definition) is 3. The maximum absolute atomic E-state index is 12.6. The first-order valence-electron chi connectivity index (χ1n) is 7.13. The monoisotopic (exact) mass is 276 g/mol. The van der Waals surface area contributed by atoms with Gasteiger partial charge in [0.05, 0.1) is 7.11 Å². The maximum atomic E-state index is 12.6. The predicted molar refractivity (Wildman–Crippen MR) is 80.3 cm³/mol. The van der Waals surface area contributed by atoms with Gasteiger partial charge < -0.3 is 4.74 Å². The minimum atomic E-state index is -0.143. The summed E-state index contributed by atoms with van der Waals surface area (Å²) in [5, 5.41) is 0. The zero-order valence-corrected chi connectivity index (χ0v) is 13.1. The van der Waals surface area contributed by atoms with Gasteiger partial charge in [0, 0.05) is 16.7 Å². The lowest BCUT2D eigenvalue weighted by molar-refractivity contribution is -0.119. The lowest BCUT2D eigenvalue weighted by Crippen LogP contribution is -2.24. The molecule has 3 heteroatoms. The van der Waals surface area contributed by atoms with E-state index in [-0.39, 0.29) is 17.3 Å². The molecule has 1 aliphatic rings. The van der Waals surface area contributed by atoms with Crippen LogP contribution in [0.5, 0.6) is 0 Å². The van der Waals surface area contributed by atoms with Crippen molar-refractivity contribution in [2.75, 3.05) is 7.11 Å². The molecule has 0 radical (unpaired) electrons. The summed E-state index contributed by atoms with van der Waals surface area (Å²) in [6.45, 7) is 7.75. The number of carbonyl (C=O) groups is 2. The van der Waals surface area contributed by atoms with Crippen LogP contribution in [0.15, 0.2) is 34.1 Å². The van der Waals surface area contributed by atoms with Crippen molar-refractivity contribution in [2.24, 2.45) is 0 Å². The Balaban J connectivity index is 3.17. The Morgan fingerprint density at radius 2 is 1.80 bits per heavy atom. The molecule has 20 heavy (non-hydrogen) atoms. The molecule has 0 spiro atoms. The van der Waals surface area contributed by atoms with E-state index in [1.54, 1.807) is 6.92 Å². The standard InChI is InChI=1S/C17H24O3/c1-6-7-8-14-16(19)13(10-9-11(2)3)12(4)15(18)17(14)20-5/h9H,6-8,10H2,1-5H3. The first-order valence-corrected chi connectivity index (χ1v) is 7.13. The van der Waals surface area contributed by atoms with E-state index in [1.807, 2.05) is 19.9 Å². The van der Waals surface area contributed by atoms with Crippen molar-refractivity contribution in [3.63, 3.8) is 0 Å². The van der Waals surface area contributed by atoms with Crippen molar-refractivity contribution in [1.29, 1.82) is 0 Å². The van der Waals surface area contributed by atoms with Crippen molar-refractivity contribution in [1.82, 2.24) is 0 Å². The lowest BCUT2D eigenvalue weighted by atomic mass is 9.85. The number of carbonyl (C=O) groups excluding carboxylic acids is 2. The summed E-state index contributed by atoms with van der Waals surface area (Å²) in [4.78, 5) is 24.9. The Labute approximate surface area is 121 Å². The molecule has 0 aromatic heterocycles. The molecule has 0 fully saturated rings. The number of rotatable bonds is 6. The molecule has 0 bridgehead atoms. The number of allylic oxidation sites excluding steroid dienone is 5. The molecule has 0 amide bonds. The van der Waals surface area contributed by atoms with Crippen molar-refractivity contribution < 1.29 is 14.3 Å². The van der Waals surface area contributed by atoms with Gasteiger partial charge in [-0.3, -0.25) is 9.59 Å². The molecule has 0 aromatic carbocycles. The number of methoxy groups -OCH3 is 1. The summed E-state index contributed by atoms with van der Waals surface area (Å²) in [6, 6.07) is 0. The second kappa shape index (κ2) is 7.22. The van der Waals surface area contributed by atoms with Gasteiger partial charge in [0.25, 0.3) is 0 Å². The fourth-order valence-electron chi connectivity index (χ4n) is 2.25. The molecule has 0 saturated heterocycles. The van der Waals surface area contributed by atoms with Gasteiger partial charge in [-0.25, -0.2) is 0 Å². The number of hydrogen-bond donors (Lipinski definition) is 0. The van der Waals surface area contributed by atoms with E-state index in [0.717, 1.165) is 18.4 Å². The van der Waals surface area contributed by atoms with E-state index in [1.165, 1.54) is 7.11 Å². The highest BCUT2D eigenvalue weighted by atomic mass is 16.5. The average Bonchev–Trinajstić information content (AvgIpc) is 2.41. The Bertz CT molecular complexity index is 500. The minimum absolute atomic E-state index is 0.0232. The summed E-state index contributed by atoms with van der Waals surface area (Å²) >= 11 is 0. The van der Waals surface area contributed by atoms with Crippen LogP contribution in [0.1, 0.15) is 53.4 Å². The van der Waals surface area contributed by atoms with E-state index in [4.69, 9.17) is 4.74 Å². The highest BCUT2D eigenvalue weighted by molar-refractivity contribution is 6.24. The predicted octanol–water partition coefficient (Wildman–Crippen LogP) is 3.90.